The number of fused-ring (bicyclic) bond motifs is 1. The molecular formula is C37H26N2O2. The molecule has 7 aromatic rings. The highest BCUT2D eigenvalue weighted by molar-refractivity contribution is 5.93. The number of aromatic hydroxyl groups is 1. The van der Waals surface area contributed by atoms with Crippen molar-refractivity contribution in [1.82, 2.24) is 9.97 Å². The van der Waals surface area contributed by atoms with Crippen LogP contribution in [0.3, 0.4) is 0 Å². The molecule has 4 heteroatoms. The Bertz CT molecular complexity index is 2060. The highest BCUT2D eigenvalue weighted by atomic mass is 16.3. The molecule has 0 radical (unpaired) electrons. The van der Waals surface area contributed by atoms with Crippen molar-refractivity contribution in [3.63, 3.8) is 0 Å². The fourth-order valence-corrected chi connectivity index (χ4v) is 4.99. The maximum absolute atomic E-state index is 10.7. The van der Waals surface area contributed by atoms with Gasteiger partial charge in [0.2, 0.25) is 5.89 Å². The monoisotopic (exact) mass is 532 g/mol. The third-order valence-electron chi connectivity index (χ3n) is 7.05. The van der Waals surface area contributed by atoms with Gasteiger partial charge in [-0.1, -0.05) is 103 Å². The molecule has 0 saturated heterocycles. The molecule has 41 heavy (non-hydrogen) atoms. The lowest BCUT2D eigenvalue weighted by molar-refractivity contribution is 0.474. The largest absolute Gasteiger partial charge is 0.507 e. The Morgan fingerprint density at radius 3 is 2.17 bits per heavy atom. The number of rotatable bonds is 6. The quantitative estimate of drug-likeness (QED) is 0.232. The molecule has 0 aliphatic heterocycles. The van der Waals surface area contributed by atoms with Gasteiger partial charge >= 0.3 is 0 Å². The Morgan fingerprint density at radius 1 is 0.610 bits per heavy atom. The predicted molar refractivity (Wildman–Crippen MR) is 164 cm³/mol. The third-order valence-corrected chi connectivity index (χ3v) is 7.05. The highest BCUT2D eigenvalue weighted by Crippen LogP contribution is 2.37. The van der Waals surface area contributed by atoms with Crippen LogP contribution >= 0.6 is 0 Å². The first-order valence-corrected chi connectivity index (χ1v) is 13.4. The third kappa shape index (κ3) is 4.99. The fourth-order valence-electron chi connectivity index (χ4n) is 4.99. The lowest BCUT2D eigenvalue weighted by atomic mass is 10.00. The summed E-state index contributed by atoms with van der Waals surface area (Å²) in [5.74, 6) is 0.444. The van der Waals surface area contributed by atoms with Gasteiger partial charge in [-0.25, -0.2) is 4.98 Å². The summed E-state index contributed by atoms with van der Waals surface area (Å²) in [7, 11) is 0. The molecule has 7 rings (SSSR count). The molecule has 5 aromatic carbocycles. The molecule has 0 bridgehead atoms. The second-order valence-corrected chi connectivity index (χ2v) is 9.77. The Labute approximate surface area is 241 Å². The molecule has 4 nitrogen and oxygen atoms in total. The number of hydrogen-bond acceptors (Lipinski definition) is 4. The Balaban J connectivity index is 1.23. The molecule has 0 unspecified atom stereocenters. The van der Waals surface area contributed by atoms with Crippen LogP contribution in [0.25, 0.3) is 56.1 Å². The summed E-state index contributed by atoms with van der Waals surface area (Å²) in [5, 5.41) is 10.7. The number of phenols is 1. The van der Waals surface area contributed by atoms with Crippen LogP contribution in [0.4, 0.5) is 0 Å². The molecule has 0 saturated carbocycles. The Kier molecular flexibility index (Phi) is 5.77. The minimum atomic E-state index is -1.65. The average molecular weight is 533 g/mol. The van der Waals surface area contributed by atoms with Crippen molar-refractivity contribution < 1.29 is 12.3 Å². The van der Waals surface area contributed by atoms with Crippen LogP contribution in [0.1, 0.15) is 13.9 Å². The van der Waals surface area contributed by atoms with Gasteiger partial charge in [-0.3, -0.25) is 4.98 Å². The van der Waals surface area contributed by atoms with Crippen molar-refractivity contribution in [3.05, 3.63) is 151 Å². The van der Waals surface area contributed by atoms with E-state index in [-0.39, 0.29) is 5.75 Å². The second-order valence-electron chi connectivity index (χ2n) is 9.77. The van der Waals surface area contributed by atoms with Gasteiger partial charge in [0.1, 0.15) is 11.3 Å². The minimum absolute atomic E-state index is 0.0981. The van der Waals surface area contributed by atoms with E-state index in [0.29, 0.717) is 33.7 Å². The number of hydrogen-bond donors (Lipinski definition) is 1. The van der Waals surface area contributed by atoms with Crippen molar-refractivity contribution >= 4 is 11.1 Å². The lowest BCUT2D eigenvalue weighted by Gasteiger charge is -2.07. The van der Waals surface area contributed by atoms with Gasteiger partial charge in [-0.2, -0.15) is 0 Å². The van der Waals surface area contributed by atoms with Crippen molar-refractivity contribution in [3.8, 4) is 50.7 Å². The number of phenolic OH excluding ortho intramolecular Hbond substituents is 1. The zero-order valence-corrected chi connectivity index (χ0v) is 22.0. The summed E-state index contributed by atoms with van der Waals surface area (Å²) < 4.78 is 23.4. The van der Waals surface area contributed by atoms with Crippen LogP contribution in [-0.2, 0) is 6.37 Å². The van der Waals surface area contributed by atoms with E-state index in [1.807, 2.05) is 109 Å². The van der Waals surface area contributed by atoms with Gasteiger partial charge in [0.05, 0.1) is 11.3 Å². The van der Waals surface area contributed by atoms with Gasteiger partial charge in [-0.05, 0) is 64.5 Å². The predicted octanol–water partition coefficient (Wildman–Crippen LogP) is 9.19. The molecule has 196 valence electrons. The van der Waals surface area contributed by atoms with Crippen LogP contribution in [0.15, 0.2) is 144 Å². The summed E-state index contributed by atoms with van der Waals surface area (Å²) in [5.41, 5.74) is 8.40. The number of oxazole rings is 1. The van der Waals surface area contributed by atoms with Gasteiger partial charge in [0.25, 0.3) is 0 Å². The van der Waals surface area contributed by atoms with E-state index in [0.717, 1.165) is 33.5 Å². The van der Waals surface area contributed by atoms with Crippen molar-refractivity contribution in [2.75, 3.05) is 0 Å². The second kappa shape index (κ2) is 10.6. The zero-order valence-electron chi connectivity index (χ0n) is 24.0. The summed E-state index contributed by atoms with van der Waals surface area (Å²) in [6.07, 6.45) is -0.0420. The molecule has 2 aromatic heterocycles. The normalized spacial score (nSPS) is 12.2. The van der Waals surface area contributed by atoms with Gasteiger partial charge in [-0.15, -0.1) is 0 Å². The van der Waals surface area contributed by atoms with Crippen LogP contribution in [0.2, 0.25) is 0 Å². The van der Waals surface area contributed by atoms with Crippen LogP contribution in [0, 0.1) is 0 Å². The number of para-hydroxylation sites is 1. The summed E-state index contributed by atoms with van der Waals surface area (Å²) in [6, 6.07) is 42.0. The number of benzene rings is 5. The first kappa shape index (κ1) is 22.3. The smallest absolute Gasteiger partial charge is 0.231 e. The summed E-state index contributed by atoms with van der Waals surface area (Å²) in [4.78, 5) is 9.46. The molecular weight excluding hydrogens is 504 g/mol. The van der Waals surface area contributed by atoms with E-state index in [2.05, 4.69) is 4.98 Å². The van der Waals surface area contributed by atoms with E-state index < -0.39 is 6.37 Å². The van der Waals surface area contributed by atoms with Gasteiger partial charge in [0.15, 0.2) is 5.58 Å². The standard InChI is InChI=1S/C37H26N2O2/c40-34-20-18-28(27-11-5-2-6-12-27)23-32(34)37-39-36-31(15-8-16-35(36)41-37)29-13-7-14-30(22-29)33-19-17-26(24-38-33)21-25-9-3-1-4-10-25/h1-20,22-24,40H,21H2/i21D2. The maximum atomic E-state index is 10.7. The molecule has 0 atom stereocenters. The van der Waals surface area contributed by atoms with Crippen molar-refractivity contribution in [1.29, 1.82) is 0 Å². The van der Waals surface area contributed by atoms with Crippen LogP contribution < -0.4 is 0 Å². The maximum Gasteiger partial charge on any atom is 0.231 e. The van der Waals surface area contributed by atoms with Gasteiger partial charge < -0.3 is 9.52 Å². The summed E-state index contributed by atoms with van der Waals surface area (Å²) >= 11 is 0. The average Bonchev–Trinajstić information content (AvgIpc) is 3.50. The number of nitrogens with zero attached hydrogens (tertiary/aromatic N) is 2. The fraction of sp³-hybridized carbons (Fsp3) is 0.0270. The zero-order chi connectivity index (χ0) is 29.4. The van der Waals surface area contributed by atoms with E-state index in [4.69, 9.17) is 12.1 Å². The van der Waals surface area contributed by atoms with Crippen molar-refractivity contribution in [2.45, 2.75) is 6.37 Å². The summed E-state index contributed by atoms with van der Waals surface area (Å²) in [6.45, 7) is 0. The molecule has 0 fully saturated rings. The molecule has 0 amide bonds. The Hall–Kier alpha value is -5.48. The molecule has 0 spiro atoms. The number of aromatic nitrogens is 2. The van der Waals surface area contributed by atoms with Gasteiger partial charge in [0, 0.05) is 20.1 Å². The van der Waals surface area contributed by atoms with E-state index >= 15 is 0 Å². The highest BCUT2D eigenvalue weighted by Gasteiger charge is 2.17. The molecule has 0 aliphatic rings. The SMILES string of the molecule is [2H]C([2H])(c1ccccc1)c1ccc(-c2cccc(-c3cccc4oc(-c5cc(-c6ccccc6)ccc5O)nc34)c2)nc1. The molecule has 2 heterocycles. The van der Waals surface area contributed by atoms with E-state index in [1.165, 1.54) is 0 Å². The lowest BCUT2D eigenvalue weighted by Crippen LogP contribution is -1.91. The molecule has 0 aliphatic carbocycles. The van der Waals surface area contributed by atoms with E-state index in [9.17, 15) is 5.11 Å². The first-order valence-electron chi connectivity index (χ1n) is 14.4. The van der Waals surface area contributed by atoms with Crippen LogP contribution in [0.5, 0.6) is 5.75 Å². The minimum Gasteiger partial charge on any atom is -0.507 e. The molecule has 1 N–H and O–H groups in total. The Morgan fingerprint density at radius 2 is 1.37 bits per heavy atom. The topological polar surface area (TPSA) is 59.2 Å². The first-order chi connectivity index (χ1) is 21.0. The number of pyridine rings is 1. The van der Waals surface area contributed by atoms with Crippen molar-refractivity contribution in [2.24, 2.45) is 0 Å². The van der Waals surface area contributed by atoms with Crippen LogP contribution in [-0.4, -0.2) is 15.1 Å². The van der Waals surface area contributed by atoms with E-state index in [1.54, 1.807) is 30.5 Å².